The summed E-state index contributed by atoms with van der Waals surface area (Å²) in [5.41, 5.74) is 1.22. The van der Waals surface area contributed by atoms with Crippen LogP contribution in [0.1, 0.15) is 0 Å². The average molecular weight is 337 g/mol. The Hall–Kier alpha value is -2.25. The third-order valence-corrected chi connectivity index (χ3v) is 2.96. The fourth-order valence-electron chi connectivity index (χ4n) is 1.51. The smallest absolute Gasteiger partial charge is 0.413 e. The topological polar surface area (TPSA) is 79.9 Å². The van der Waals surface area contributed by atoms with Crippen LogP contribution >= 0.6 is 24.2 Å². The van der Waals surface area contributed by atoms with Gasteiger partial charge in [0.25, 0.3) is 0 Å². The number of carbonyl (C=O) groups excluding carboxylic acids is 1. The van der Waals surface area contributed by atoms with Crippen molar-refractivity contribution >= 4 is 47.4 Å². The number of benzene rings is 1. The van der Waals surface area contributed by atoms with Gasteiger partial charge < -0.3 is 9.72 Å². The number of methoxy groups -OCH3 is 1. The molecule has 0 aliphatic heterocycles. The molecular formula is C14H13ClN4O2S. The zero-order valence-corrected chi connectivity index (χ0v) is 13.2. The highest BCUT2D eigenvalue weighted by Crippen LogP contribution is 2.15. The summed E-state index contributed by atoms with van der Waals surface area (Å²) in [7, 11) is 1.28. The Labute approximate surface area is 137 Å². The molecule has 2 N–H and O–H groups in total. The second-order valence-electron chi connectivity index (χ2n) is 4.06. The number of amides is 1. The number of anilines is 1. The standard InChI is InChI=1S/C8H8N4O2S.C6H5Cl/c1-14-8(13)12-7-10-5-2-4(15)3-9-6(5)11-7;7-6-4-2-1-3-5-6/h2-3,15H,1H3,(H2,9,10,11,12,13);1-5H. The van der Waals surface area contributed by atoms with Crippen molar-refractivity contribution in [1.29, 1.82) is 0 Å². The molecule has 114 valence electrons. The quantitative estimate of drug-likeness (QED) is 0.591. The summed E-state index contributed by atoms with van der Waals surface area (Å²) in [6, 6.07) is 11.2. The van der Waals surface area contributed by atoms with Gasteiger partial charge in [-0.15, -0.1) is 12.6 Å². The van der Waals surface area contributed by atoms with Crippen LogP contribution in [0, 0.1) is 0 Å². The lowest BCUT2D eigenvalue weighted by Gasteiger charge is -1.96. The van der Waals surface area contributed by atoms with Crippen LogP contribution in [0.15, 0.2) is 47.5 Å². The third kappa shape index (κ3) is 4.64. The van der Waals surface area contributed by atoms with Crippen molar-refractivity contribution in [3.63, 3.8) is 0 Å². The number of aromatic amines is 1. The monoisotopic (exact) mass is 336 g/mol. The Morgan fingerprint density at radius 2 is 2.09 bits per heavy atom. The van der Waals surface area contributed by atoms with E-state index < -0.39 is 6.09 Å². The molecule has 3 aromatic rings. The molecule has 0 radical (unpaired) electrons. The molecule has 1 amide bonds. The van der Waals surface area contributed by atoms with Crippen molar-refractivity contribution in [1.82, 2.24) is 15.0 Å². The number of aromatic nitrogens is 3. The van der Waals surface area contributed by atoms with E-state index in [0.29, 0.717) is 22.0 Å². The lowest BCUT2D eigenvalue weighted by Crippen LogP contribution is -2.11. The predicted molar refractivity (Wildman–Crippen MR) is 88.6 cm³/mol. The van der Waals surface area contributed by atoms with Gasteiger partial charge in [0.15, 0.2) is 5.65 Å². The first-order valence-electron chi connectivity index (χ1n) is 6.18. The molecule has 1 aromatic carbocycles. The van der Waals surface area contributed by atoms with Gasteiger partial charge >= 0.3 is 6.09 Å². The zero-order chi connectivity index (χ0) is 15.9. The molecule has 0 aliphatic carbocycles. The Balaban J connectivity index is 0.000000211. The van der Waals surface area contributed by atoms with E-state index in [9.17, 15) is 4.79 Å². The summed E-state index contributed by atoms with van der Waals surface area (Å²) in [5.74, 6) is 0.295. The summed E-state index contributed by atoms with van der Waals surface area (Å²) < 4.78 is 4.43. The molecule has 0 fully saturated rings. The summed E-state index contributed by atoms with van der Waals surface area (Å²) >= 11 is 9.67. The molecule has 8 heteroatoms. The maximum atomic E-state index is 10.9. The Morgan fingerprint density at radius 3 is 2.68 bits per heavy atom. The Bertz CT molecular complexity index is 764. The van der Waals surface area contributed by atoms with Crippen molar-refractivity contribution in [3.8, 4) is 0 Å². The number of hydrogen-bond acceptors (Lipinski definition) is 5. The molecule has 3 rings (SSSR count). The molecule has 0 atom stereocenters. The number of hydrogen-bond donors (Lipinski definition) is 3. The van der Waals surface area contributed by atoms with E-state index >= 15 is 0 Å². The number of fused-ring (bicyclic) bond motifs is 1. The fraction of sp³-hybridized carbons (Fsp3) is 0.0714. The van der Waals surface area contributed by atoms with E-state index in [0.717, 1.165) is 5.02 Å². The number of pyridine rings is 1. The molecule has 0 unspecified atom stereocenters. The minimum absolute atomic E-state index is 0.295. The van der Waals surface area contributed by atoms with Crippen molar-refractivity contribution in [2.75, 3.05) is 12.4 Å². The highest BCUT2D eigenvalue weighted by Gasteiger charge is 2.06. The Morgan fingerprint density at radius 1 is 1.36 bits per heavy atom. The number of carbonyl (C=O) groups is 1. The fourth-order valence-corrected chi connectivity index (χ4v) is 1.83. The summed E-state index contributed by atoms with van der Waals surface area (Å²) in [4.78, 5) is 22.6. The number of nitrogens with zero attached hydrogens (tertiary/aromatic N) is 2. The molecule has 0 bridgehead atoms. The van der Waals surface area contributed by atoms with Crippen LogP contribution in [0.4, 0.5) is 10.7 Å². The molecule has 0 saturated carbocycles. The summed E-state index contributed by atoms with van der Waals surface area (Å²) in [6.07, 6.45) is 1.01. The van der Waals surface area contributed by atoms with Crippen molar-refractivity contribution in [2.24, 2.45) is 0 Å². The van der Waals surface area contributed by atoms with E-state index in [-0.39, 0.29) is 0 Å². The number of imidazole rings is 1. The van der Waals surface area contributed by atoms with Gasteiger partial charge in [-0.1, -0.05) is 29.8 Å². The molecule has 6 nitrogen and oxygen atoms in total. The lowest BCUT2D eigenvalue weighted by atomic mass is 10.4. The van der Waals surface area contributed by atoms with E-state index in [1.807, 2.05) is 30.3 Å². The van der Waals surface area contributed by atoms with E-state index in [4.69, 9.17) is 11.6 Å². The van der Waals surface area contributed by atoms with Crippen LogP contribution in [-0.2, 0) is 4.74 Å². The number of halogens is 1. The van der Waals surface area contributed by atoms with Gasteiger partial charge in [0.1, 0.15) is 5.52 Å². The molecule has 2 aromatic heterocycles. The summed E-state index contributed by atoms with van der Waals surface area (Å²) in [6.45, 7) is 0. The van der Waals surface area contributed by atoms with Crippen LogP contribution in [-0.4, -0.2) is 28.2 Å². The van der Waals surface area contributed by atoms with Gasteiger partial charge in [-0.3, -0.25) is 5.32 Å². The zero-order valence-electron chi connectivity index (χ0n) is 11.6. The molecule has 0 aliphatic rings. The number of nitrogens with one attached hydrogen (secondary N) is 2. The first-order chi connectivity index (χ1) is 10.6. The number of thiol groups is 1. The van der Waals surface area contributed by atoms with Crippen LogP contribution in [0.2, 0.25) is 5.02 Å². The first-order valence-corrected chi connectivity index (χ1v) is 7.01. The van der Waals surface area contributed by atoms with Crippen LogP contribution in [0.3, 0.4) is 0 Å². The maximum Gasteiger partial charge on any atom is 0.413 e. The second kappa shape index (κ2) is 7.67. The third-order valence-electron chi connectivity index (χ3n) is 2.46. The Kier molecular flexibility index (Phi) is 5.62. The SMILES string of the molecule is COC(=O)Nc1nc2cc(S)cnc2[nH]1.Clc1ccccc1. The van der Waals surface area contributed by atoms with Gasteiger partial charge in [-0.2, -0.15) is 0 Å². The van der Waals surface area contributed by atoms with Gasteiger partial charge in [-0.05, 0) is 18.2 Å². The highest BCUT2D eigenvalue weighted by molar-refractivity contribution is 7.80. The molecule has 0 saturated heterocycles. The highest BCUT2D eigenvalue weighted by atomic mass is 35.5. The second-order valence-corrected chi connectivity index (χ2v) is 5.01. The number of rotatable bonds is 1. The minimum atomic E-state index is -0.583. The van der Waals surface area contributed by atoms with Crippen LogP contribution in [0.25, 0.3) is 11.2 Å². The normalized spacial score (nSPS) is 9.77. The van der Waals surface area contributed by atoms with E-state index in [2.05, 4.69) is 37.6 Å². The van der Waals surface area contributed by atoms with Crippen LogP contribution < -0.4 is 5.32 Å². The van der Waals surface area contributed by atoms with Crippen molar-refractivity contribution in [2.45, 2.75) is 4.90 Å². The first kappa shape index (κ1) is 16.1. The number of ether oxygens (including phenoxy) is 1. The summed E-state index contributed by atoms with van der Waals surface area (Å²) in [5, 5.41) is 3.20. The van der Waals surface area contributed by atoms with Gasteiger partial charge in [0.05, 0.1) is 7.11 Å². The average Bonchev–Trinajstić information content (AvgIpc) is 2.89. The predicted octanol–water partition coefficient (Wildman–Crippen LogP) is 3.76. The minimum Gasteiger partial charge on any atom is -0.453 e. The maximum absolute atomic E-state index is 10.9. The molecule has 2 heterocycles. The molecule has 22 heavy (non-hydrogen) atoms. The van der Waals surface area contributed by atoms with E-state index in [1.54, 1.807) is 12.3 Å². The van der Waals surface area contributed by atoms with Crippen molar-refractivity contribution < 1.29 is 9.53 Å². The lowest BCUT2D eigenvalue weighted by molar-refractivity contribution is 0.186. The largest absolute Gasteiger partial charge is 0.453 e. The van der Waals surface area contributed by atoms with E-state index in [1.165, 1.54) is 7.11 Å². The molecular weight excluding hydrogens is 324 g/mol. The van der Waals surface area contributed by atoms with Gasteiger partial charge in [-0.25, -0.2) is 14.8 Å². The number of H-pyrrole nitrogens is 1. The van der Waals surface area contributed by atoms with Crippen LogP contribution in [0.5, 0.6) is 0 Å². The van der Waals surface area contributed by atoms with Gasteiger partial charge in [0.2, 0.25) is 5.95 Å². The molecule has 0 spiro atoms. The van der Waals surface area contributed by atoms with Gasteiger partial charge in [0, 0.05) is 16.1 Å². The van der Waals surface area contributed by atoms with Crippen molar-refractivity contribution in [3.05, 3.63) is 47.6 Å².